The van der Waals surface area contributed by atoms with Gasteiger partial charge in [0.2, 0.25) is 5.95 Å². The molecule has 2 atom stereocenters. The number of hydrogen-bond donors (Lipinski definition) is 3. The number of nitrogens with two attached hydrogens (primary N) is 1. The Morgan fingerprint density at radius 2 is 2.39 bits per heavy atom. The lowest BCUT2D eigenvalue weighted by Crippen LogP contribution is -2.36. The summed E-state index contributed by atoms with van der Waals surface area (Å²) in [5.41, 5.74) is 8.41. The van der Waals surface area contributed by atoms with Gasteiger partial charge in [-0.25, -0.2) is 4.98 Å². The Hall–Kier alpha value is -1.75. The summed E-state index contributed by atoms with van der Waals surface area (Å²) in [4.78, 5) is 7.78. The molecular weight excluding hydrogens is 228 g/mol. The molecule has 1 aliphatic heterocycles. The topological polar surface area (TPSA) is 76.0 Å². The molecule has 5 nitrogen and oxygen atoms in total. The lowest BCUT2D eigenvalue weighted by atomic mass is 9.98. The molecule has 0 radical (unpaired) electrons. The lowest BCUT2D eigenvalue weighted by Gasteiger charge is -2.29. The van der Waals surface area contributed by atoms with E-state index in [-0.39, 0.29) is 0 Å². The third-order valence-electron chi connectivity index (χ3n) is 3.47. The highest BCUT2D eigenvalue weighted by Gasteiger charge is 2.22. The first-order valence-corrected chi connectivity index (χ1v) is 6.32. The molecule has 1 aliphatic rings. The van der Waals surface area contributed by atoms with Gasteiger partial charge < -0.3 is 20.8 Å². The number of hydrogen-bond acceptors (Lipinski definition) is 4. The van der Waals surface area contributed by atoms with Crippen molar-refractivity contribution in [3.05, 3.63) is 18.2 Å². The van der Waals surface area contributed by atoms with Gasteiger partial charge in [0.15, 0.2) is 0 Å². The molecule has 0 spiro atoms. The fourth-order valence-corrected chi connectivity index (χ4v) is 2.37. The van der Waals surface area contributed by atoms with Crippen molar-refractivity contribution in [2.75, 3.05) is 24.3 Å². The molecule has 1 aromatic heterocycles. The number of imidazole rings is 1. The van der Waals surface area contributed by atoms with E-state index in [1.165, 1.54) is 0 Å². The minimum Gasteiger partial charge on any atom is -0.399 e. The van der Waals surface area contributed by atoms with Gasteiger partial charge in [-0.1, -0.05) is 6.92 Å². The Bertz CT molecular complexity index is 551. The Morgan fingerprint density at radius 1 is 1.50 bits per heavy atom. The first-order valence-electron chi connectivity index (χ1n) is 6.32. The van der Waals surface area contributed by atoms with Crippen molar-refractivity contribution in [3.63, 3.8) is 0 Å². The molecule has 2 unspecified atom stereocenters. The highest BCUT2D eigenvalue weighted by molar-refractivity contribution is 5.80. The summed E-state index contributed by atoms with van der Waals surface area (Å²) in [6.07, 6.45) is 1.01. The number of H-pyrrole nitrogens is 1. The molecule has 0 amide bonds. The summed E-state index contributed by atoms with van der Waals surface area (Å²) in [6.45, 7) is 3.82. The van der Waals surface area contributed by atoms with Crippen molar-refractivity contribution in [2.24, 2.45) is 5.92 Å². The number of ether oxygens (including phenoxy) is 1. The number of benzene rings is 1. The molecule has 0 saturated carbocycles. The van der Waals surface area contributed by atoms with Gasteiger partial charge >= 0.3 is 0 Å². The largest absolute Gasteiger partial charge is 0.399 e. The Morgan fingerprint density at radius 3 is 3.22 bits per heavy atom. The lowest BCUT2D eigenvalue weighted by molar-refractivity contribution is 0.0536. The van der Waals surface area contributed by atoms with Crippen LogP contribution in [0, 0.1) is 5.92 Å². The number of anilines is 2. The first kappa shape index (κ1) is 11.3. The van der Waals surface area contributed by atoms with Crippen LogP contribution >= 0.6 is 0 Å². The van der Waals surface area contributed by atoms with Crippen molar-refractivity contribution in [3.8, 4) is 0 Å². The number of nitrogen functional groups attached to an aromatic ring is 1. The highest BCUT2D eigenvalue weighted by atomic mass is 16.5. The molecule has 3 rings (SSSR count). The summed E-state index contributed by atoms with van der Waals surface area (Å²) in [6, 6.07) is 6.11. The van der Waals surface area contributed by atoms with Crippen LogP contribution in [0.15, 0.2) is 18.2 Å². The molecule has 0 aliphatic carbocycles. The van der Waals surface area contributed by atoms with Crippen LogP contribution in [0.1, 0.15) is 13.3 Å². The van der Waals surface area contributed by atoms with E-state index < -0.39 is 0 Å². The fourth-order valence-electron chi connectivity index (χ4n) is 2.37. The van der Waals surface area contributed by atoms with E-state index in [0.717, 1.165) is 42.3 Å². The van der Waals surface area contributed by atoms with Crippen LogP contribution in [0.2, 0.25) is 0 Å². The second-order valence-electron chi connectivity index (χ2n) is 4.95. The minimum absolute atomic E-state index is 0.414. The number of rotatable bonds is 2. The molecule has 2 aromatic rings. The van der Waals surface area contributed by atoms with Gasteiger partial charge in [0.1, 0.15) is 0 Å². The molecular formula is C13H18N4O. The summed E-state index contributed by atoms with van der Waals surface area (Å²) < 4.78 is 5.44. The molecule has 5 heteroatoms. The summed E-state index contributed by atoms with van der Waals surface area (Å²) >= 11 is 0. The van der Waals surface area contributed by atoms with Crippen molar-refractivity contribution in [1.29, 1.82) is 0 Å². The summed E-state index contributed by atoms with van der Waals surface area (Å²) in [5, 5.41) is 3.45. The van der Waals surface area contributed by atoms with Gasteiger partial charge in [-0.05, 0) is 30.5 Å². The zero-order valence-corrected chi connectivity index (χ0v) is 10.4. The molecule has 1 aromatic carbocycles. The number of aromatic nitrogens is 2. The van der Waals surface area contributed by atoms with Crippen molar-refractivity contribution in [1.82, 2.24) is 9.97 Å². The number of fused-ring (bicyclic) bond motifs is 1. The smallest absolute Gasteiger partial charge is 0.201 e. The SMILES string of the molecule is CC1COCCC1Nc1nc2ccc(N)cc2[nH]1. The van der Waals surface area contributed by atoms with Crippen LogP contribution in [0.4, 0.5) is 11.6 Å². The van der Waals surface area contributed by atoms with E-state index in [9.17, 15) is 0 Å². The number of nitrogens with one attached hydrogen (secondary N) is 2. The predicted molar refractivity (Wildman–Crippen MR) is 72.5 cm³/mol. The third kappa shape index (κ3) is 2.13. The summed E-state index contributed by atoms with van der Waals surface area (Å²) in [7, 11) is 0. The van der Waals surface area contributed by atoms with Crippen molar-refractivity contribution >= 4 is 22.7 Å². The monoisotopic (exact) mass is 246 g/mol. The van der Waals surface area contributed by atoms with Crippen LogP contribution in [0.3, 0.4) is 0 Å². The normalized spacial score (nSPS) is 24.3. The van der Waals surface area contributed by atoms with Gasteiger partial charge in [0.05, 0.1) is 17.6 Å². The average Bonchev–Trinajstić information content (AvgIpc) is 2.73. The van der Waals surface area contributed by atoms with Gasteiger partial charge in [-0.2, -0.15) is 0 Å². The van der Waals surface area contributed by atoms with Crippen LogP contribution in [-0.4, -0.2) is 29.2 Å². The zero-order valence-electron chi connectivity index (χ0n) is 10.4. The Labute approximate surface area is 106 Å². The van der Waals surface area contributed by atoms with Gasteiger partial charge in [0, 0.05) is 18.3 Å². The van der Waals surface area contributed by atoms with Crippen LogP contribution in [0.5, 0.6) is 0 Å². The maximum atomic E-state index is 5.75. The van der Waals surface area contributed by atoms with Crippen LogP contribution < -0.4 is 11.1 Å². The Kier molecular flexibility index (Phi) is 2.83. The molecule has 0 bridgehead atoms. The van der Waals surface area contributed by atoms with E-state index in [2.05, 4.69) is 22.2 Å². The molecule has 1 fully saturated rings. The maximum absolute atomic E-state index is 5.75. The number of nitrogens with zero attached hydrogens (tertiary/aromatic N) is 1. The van der Waals surface area contributed by atoms with E-state index >= 15 is 0 Å². The fraction of sp³-hybridized carbons (Fsp3) is 0.462. The molecule has 2 heterocycles. The highest BCUT2D eigenvalue weighted by Crippen LogP contribution is 2.21. The maximum Gasteiger partial charge on any atom is 0.201 e. The van der Waals surface area contributed by atoms with Gasteiger partial charge in [-0.15, -0.1) is 0 Å². The average molecular weight is 246 g/mol. The van der Waals surface area contributed by atoms with Crippen molar-refractivity contribution in [2.45, 2.75) is 19.4 Å². The van der Waals surface area contributed by atoms with Crippen molar-refractivity contribution < 1.29 is 4.74 Å². The van der Waals surface area contributed by atoms with E-state index in [0.29, 0.717) is 12.0 Å². The standard InChI is InChI=1S/C13H18N4O/c1-8-7-18-5-4-10(8)15-13-16-11-3-2-9(14)6-12(11)17-13/h2-3,6,8,10H,4-5,7,14H2,1H3,(H2,15,16,17). The predicted octanol–water partition coefficient (Wildman–Crippen LogP) is 1.98. The third-order valence-corrected chi connectivity index (χ3v) is 3.47. The first-order chi connectivity index (χ1) is 8.72. The van der Waals surface area contributed by atoms with Gasteiger partial charge in [0.25, 0.3) is 0 Å². The zero-order chi connectivity index (χ0) is 12.5. The van der Waals surface area contributed by atoms with E-state index in [1.807, 2.05) is 18.2 Å². The van der Waals surface area contributed by atoms with E-state index in [4.69, 9.17) is 10.5 Å². The Balaban J connectivity index is 1.81. The van der Waals surface area contributed by atoms with E-state index in [1.54, 1.807) is 0 Å². The minimum atomic E-state index is 0.414. The molecule has 1 saturated heterocycles. The van der Waals surface area contributed by atoms with Crippen LogP contribution in [0.25, 0.3) is 11.0 Å². The molecule has 4 N–H and O–H groups in total. The quantitative estimate of drug-likeness (QED) is 0.708. The molecule has 18 heavy (non-hydrogen) atoms. The summed E-state index contributed by atoms with van der Waals surface area (Å²) in [5.74, 6) is 1.31. The number of aromatic amines is 1. The second kappa shape index (κ2) is 4.49. The van der Waals surface area contributed by atoms with Gasteiger partial charge in [-0.3, -0.25) is 0 Å². The second-order valence-corrected chi connectivity index (χ2v) is 4.95. The molecule has 96 valence electrons. The van der Waals surface area contributed by atoms with Crippen LogP contribution in [-0.2, 0) is 4.74 Å².